The zero-order chi connectivity index (χ0) is 19.6. The minimum absolute atomic E-state index is 0. The predicted octanol–water partition coefficient (Wildman–Crippen LogP) is 4.03. The van der Waals surface area contributed by atoms with Crippen molar-refractivity contribution in [3.05, 3.63) is 51.5 Å². The van der Waals surface area contributed by atoms with Crippen molar-refractivity contribution >= 4 is 41.3 Å². The van der Waals surface area contributed by atoms with Gasteiger partial charge in [-0.3, -0.25) is 4.99 Å². The van der Waals surface area contributed by atoms with Gasteiger partial charge in [0.15, 0.2) is 5.96 Å². The molecule has 5 nitrogen and oxygen atoms in total. The Balaban J connectivity index is 0.00000392. The molecule has 0 fully saturated rings. The van der Waals surface area contributed by atoms with Crippen LogP contribution in [0.2, 0.25) is 0 Å². The van der Waals surface area contributed by atoms with Gasteiger partial charge in [-0.05, 0) is 45.5 Å². The summed E-state index contributed by atoms with van der Waals surface area (Å²) in [5.74, 6) is 0.864. The van der Waals surface area contributed by atoms with Gasteiger partial charge in [-0.1, -0.05) is 31.2 Å². The molecule has 1 heterocycles. The van der Waals surface area contributed by atoms with E-state index in [2.05, 4.69) is 79.6 Å². The molecule has 1 aromatic carbocycles. The highest BCUT2D eigenvalue weighted by atomic mass is 127. The molecule has 28 heavy (non-hydrogen) atoms. The molecule has 0 saturated carbocycles. The van der Waals surface area contributed by atoms with E-state index in [1.54, 1.807) is 11.3 Å². The molecule has 2 rings (SSSR count). The normalized spacial score (nSPS) is 12.6. The minimum atomic E-state index is 0. The summed E-state index contributed by atoms with van der Waals surface area (Å²) in [4.78, 5) is 12.7. The number of hydrogen-bond acceptors (Lipinski definition) is 4. The lowest BCUT2D eigenvalue weighted by Crippen LogP contribution is -2.39. The first-order valence-electron chi connectivity index (χ1n) is 9.72. The summed E-state index contributed by atoms with van der Waals surface area (Å²) in [7, 11) is 4.22. The third-order valence-electron chi connectivity index (χ3n) is 4.46. The van der Waals surface area contributed by atoms with Gasteiger partial charge in [0.25, 0.3) is 0 Å². The Labute approximate surface area is 191 Å². The average Bonchev–Trinajstić information content (AvgIpc) is 3.07. The van der Waals surface area contributed by atoms with E-state index >= 15 is 0 Å². The first-order valence-corrected chi connectivity index (χ1v) is 10.5. The molecule has 0 aliphatic heterocycles. The highest BCUT2D eigenvalue weighted by molar-refractivity contribution is 14.0. The van der Waals surface area contributed by atoms with E-state index < -0.39 is 0 Å². The van der Waals surface area contributed by atoms with Crippen LogP contribution in [-0.2, 0) is 12.8 Å². The first kappa shape index (κ1) is 24.8. The number of benzene rings is 1. The maximum atomic E-state index is 4.83. The number of aryl methyl sites for hydroxylation is 2. The maximum Gasteiger partial charge on any atom is 0.191 e. The Morgan fingerprint density at radius 1 is 1.18 bits per heavy atom. The smallest absolute Gasteiger partial charge is 0.191 e. The fraction of sp³-hybridized carbons (Fsp3) is 0.524. The second-order valence-electron chi connectivity index (χ2n) is 6.84. The van der Waals surface area contributed by atoms with Crippen LogP contribution in [0, 0.1) is 6.92 Å². The molecule has 0 aliphatic carbocycles. The quantitative estimate of drug-likeness (QED) is 0.301. The van der Waals surface area contributed by atoms with Crippen molar-refractivity contribution < 1.29 is 0 Å². The fourth-order valence-corrected chi connectivity index (χ4v) is 3.65. The molecule has 2 aromatic rings. The number of hydrogen-bond donors (Lipinski definition) is 2. The van der Waals surface area contributed by atoms with Gasteiger partial charge in [0.05, 0.1) is 17.6 Å². The molecule has 156 valence electrons. The second kappa shape index (κ2) is 13.1. The van der Waals surface area contributed by atoms with Crippen LogP contribution in [0.1, 0.15) is 40.9 Å². The maximum absolute atomic E-state index is 4.83. The number of aliphatic imine (C=N–C) groups is 1. The van der Waals surface area contributed by atoms with Crippen molar-refractivity contribution in [1.82, 2.24) is 20.5 Å². The first-order chi connectivity index (χ1) is 13.0. The van der Waals surface area contributed by atoms with Gasteiger partial charge in [-0.2, -0.15) is 0 Å². The lowest BCUT2D eigenvalue weighted by Gasteiger charge is -2.24. The molecular weight excluding hydrogens is 481 g/mol. The van der Waals surface area contributed by atoms with Crippen molar-refractivity contribution in [2.45, 2.75) is 39.7 Å². The van der Waals surface area contributed by atoms with Crippen LogP contribution in [0.4, 0.5) is 0 Å². The molecule has 0 spiro atoms. The number of likely N-dealkylation sites (N-methyl/N-ethyl adjacent to an activating group) is 1. The Morgan fingerprint density at radius 3 is 2.43 bits per heavy atom. The molecule has 0 bridgehead atoms. The Kier molecular flexibility index (Phi) is 11.6. The number of thiazole rings is 1. The molecule has 0 aliphatic rings. The van der Waals surface area contributed by atoms with Crippen molar-refractivity contribution in [2.24, 2.45) is 4.99 Å². The van der Waals surface area contributed by atoms with E-state index in [-0.39, 0.29) is 30.0 Å². The zero-order valence-electron chi connectivity index (χ0n) is 17.7. The van der Waals surface area contributed by atoms with Gasteiger partial charge < -0.3 is 15.5 Å². The summed E-state index contributed by atoms with van der Waals surface area (Å²) >= 11 is 1.76. The summed E-state index contributed by atoms with van der Waals surface area (Å²) in [6, 6.07) is 9.14. The van der Waals surface area contributed by atoms with Crippen molar-refractivity contribution in [1.29, 1.82) is 0 Å². The van der Waals surface area contributed by atoms with Crippen LogP contribution in [0.3, 0.4) is 0 Å². The van der Waals surface area contributed by atoms with E-state index in [9.17, 15) is 0 Å². The van der Waals surface area contributed by atoms with Gasteiger partial charge >= 0.3 is 0 Å². The Bertz CT molecular complexity index is 712. The van der Waals surface area contributed by atoms with Crippen LogP contribution >= 0.6 is 35.3 Å². The third-order valence-corrected chi connectivity index (χ3v) is 5.44. The van der Waals surface area contributed by atoms with E-state index in [1.165, 1.54) is 16.0 Å². The van der Waals surface area contributed by atoms with Gasteiger partial charge in [0.2, 0.25) is 0 Å². The summed E-state index contributed by atoms with van der Waals surface area (Å²) < 4.78 is 0. The molecule has 0 saturated heterocycles. The summed E-state index contributed by atoms with van der Waals surface area (Å²) in [5.41, 5.74) is 2.67. The average molecular weight is 516 g/mol. The standard InChI is InChI=1S/C21H33N5S.HI/c1-6-17-8-10-18(11-9-17)19(26(4)5)15-25-21(22-7-2)23-13-12-20-24-14-16(3)27-20;/h8-11,14,19H,6-7,12-13,15H2,1-5H3,(H2,22,23,25);1H. The number of guanidine groups is 1. The van der Waals surface area contributed by atoms with Gasteiger partial charge in [0, 0.05) is 30.6 Å². The Morgan fingerprint density at radius 2 is 1.89 bits per heavy atom. The van der Waals surface area contributed by atoms with Gasteiger partial charge in [-0.25, -0.2) is 4.98 Å². The third kappa shape index (κ3) is 8.05. The lowest BCUT2D eigenvalue weighted by atomic mass is 10.0. The van der Waals surface area contributed by atoms with Crippen LogP contribution < -0.4 is 10.6 Å². The van der Waals surface area contributed by atoms with Crippen LogP contribution in [-0.4, -0.2) is 49.6 Å². The van der Waals surface area contributed by atoms with E-state index in [1.807, 2.05) is 6.20 Å². The topological polar surface area (TPSA) is 52.6 Å². The number of rotatable bonds is 9. The van der Waals surface area contributed by atoms with Crippen LogP contribution in [0.15, 0.2) is 35.5 Å². The molecule has 2 N–H and O–H groups in total. The Hall–Kier alpha value is -1.19. The SMILES string of the molecule is CCNC(=NCC(c1ccc(CC)cc1)N(C)C)NCCc1ncc(C)s1.I. The van der Waals surface area contributed by atoms with Gasteiger partial charge in [-0.15, -0.1) is 35.3 Å². The minimum Gasteiger partial charge on any atom is -0.357 e. The highest BCUT2D eigenvalue weighted by Gasteiger charge is 2.14. The van der Waals surface area contributed by atoms with E-state index in [4.69, 9.17) is 4.99 Å². The van der Waals surface area contributed by atoms with Crippen LogP contribution in [0.25, 0.3) is 0 Å². The lowest BCUT2D eigenvalue weighted by molar-refractivity contribution is 0.306. The van der Waals surface area contributed by atoms with Crippen molar-refractivity contribution in [2.75, 3.05) is 33.7 Å². The molecule has 1 atom stereocenters. The molecular formula is C21H34IN5S. The predicted molar refractivity (Wildman–Crippen MR) is 132 cm³/mol. The molecule has 7 heteroatoms. The number of nitrogens with one attached hydrogen (secondary N) is 2. The summed E-state index contributed by atoms with van der Waals surface area (Å²) in [5, 5.41) is 7.94. The van der Waals surface area contributed by atoms with Crippen molar-refractivity contribution in [3.8, 4) is 0 Å². The summed E-state index contributed by atoms with van der Waals surface area (Å²) in [6.45, 7) is 8.76. The largest absolute Gasteiger partial charge is 0.357 e. The van der Waals surface area contributed by atoms with Crippen molar-refractivity contribution in [3.63, 3.8) is 0 Å². The van der Waals surface area contributed by atoms with Crippen LogP contribution in [0.5, 0.6) is 0 Å². The monoisotopic (exact) mass is 515 g/mol. The molecule has 0 amide bonds. The van der Waals surface area contributed by atoms with E-state index in [0.29, 0.717) is 6.54 Å². The summed E-state index contributed by atoms with van der Waals surface area (Å²) in [6.07, 6.45) is 3.92. The second-order valence-corrected chi connectivity index (χ2v) is 8.15. The zero-order valence-corrected chi connectivity index (χ0v) is 20.8. The molecule has 1 aromatic heterocycles. The fourth-order valence-electron chi connectivity index (χ4n) is 2.87. The molecule has 0 radical (unpaired) electrons. The number of halogens is 1. The van der Waals surface area contributed by atoms with E-state index in [0.717, 1.165) is 36.9 Å². The highest BCUT2D eigenvalue weighted by Crippen LogP contribution is 2.19. The number of aromatic nitrogens is 1. The van der Waals surface area contributed by atoms with Gasteiger partial charge in [0.1, 0.15) is 0 Å². The molecule has 1 unspecified atom stereocenters. The number of nitrogens with zero attached hydrogens (tertiary/aromatic N) is 3.